The van der Waals surface area contributed by atoms with Crippen molar-refractivity contribution in [1.29, 1.82) is 0 Å². The Hall–Kier alpha value is -4.07. The van der Waals surface area contributed by atoms with Gasteiger partial charge in [0.1, 0.15) is 17.7 Å². The predicted molar refractivity (Wildman–Crippen MR) is 115 cm³/mol. The maximum absolute atomic E-state index is 13.3. The number of nitrogens with zero attached hydrogens (tertiary/aromatic N) is 2. The molecule has 0 saturated carbocycles. The van der Waals surface area contributed by atoms with E-state index in [-0.39, 0.29) is 18.7 Å². The van der Waals surface area contributed by atoms with Gasteiger partial charge in [0, 0.05) is 12.2 Å². The van der Waals surface area contributed by atoms with E-state index < -0.39 is 35.5 Å². The summed E-state index contributed by atoms with van der Waals surface area (Å²) < 4.78 is 26.6. The third-order valence-electron chi connectivity index (χ3n) is 5.11. The van der Waals surface area contributed by atoms with E-state index in [9.17, 15) is 23.2 Å². The molecule has 1 aliphatic heterocycles. The van der Waals surface area contributed by atoms with Crippen LogP contribution in [-0.2, 0) is 16.1 Å². The largest absolute Gasteiger partial charge is 0.332 e. The molecule has 1 fully saturated rings. The molecule has 8 heteroatoms. The summed E-state index contributed by atoms with van der Waals surface area (Å²) in [6, 6.07) is 17.5. The van der Waals surface area contributed by atoms with Gasteiger partial charge in [-0.2, -0.15) is 0 Å². The minimum Gasteiger partial charge on any atom is -0.326 e. The van der Waals surface area contributed by atoms with Crippen LogP contribution in [-0.4, -0.2) is 28.8 Å². The van der Waals surface area contributed by atoms with Crippen LogP contribution in [0, 0.1) is 11.6 Å². The summed E-state index contributed by atoms with van der Waals surface area (Å²) >= 11 is 0. The maximum atomic E-state index is 13.3. The number of nitrogens with one attached hydrogen (secondary N) is 1. The van der Waals surface area contributed by atoms with Gasteiger partial charge >= 0.3 is 6.03 Å². The summed E-state index contributed by atoms with van der Waals surface area (Å²) in [4.78, 5) is 41.2. The molecule has 1 atom stereocenters. The van der Waals surface area contributed by atoms with Crippen molar-refractivity contribution in [2.75, 3.05) is 10.2 Å². The smallest absolute Gasteiger partial charge is 0.326 e. The zero-order valence-electron chi connectivity index (χ0n) is 16.9. The SMILES string of the molecule is O=C(CC1C(=O)N(c2ccc(F)cc2)C(=O)N1Cc1ccc(F)cc1)Nc1ccccc1. The summed E-state index contributed by atoms with van der Waals surface area (Å²) in [5.74, 6) is -1.96. The number of anilines is 2. The first-order valence-corrected chi connectivity index (χ1v) is 9.92. The van der Waals surface area contributed by atoms with Crippen LogP contribution in [0.15, 0.2) is 78.9 Å². The summed E-state index contributed by atoms with van der Waals surface area (Å²) in [6.07, 6.45) is -0.266. The lowest BCUT2D eigenvalue weighted by Gasteiger charge is -2.21. The van der Waals surface area contributed by atoms with Gasteiger partial charge in [-0.05, 0) is 54.1 Å². The molecule has 32 heavy (non-hydrogen) atoms. The van der Waals surface area contributed by atoms with Crippen molar-refractivity contribution < 1.29 is 23.2 Å². The number of halogens is 2. The van der Waals surface area contributed by atoms with Crippen LogP contribution < -0.4 is 10.2 Å². The van der Waals surface area contributed by atoms with Crippen molar-refractivity contribution in [3.63, 3.8) is 0 Å². The average Bonchev–Trinajstić information content (AvgIpc) is 3.00. The number of urea groups is 1. The molecule has 0 aromatic heterocycles. The van der Waals surface area contributed by atoms with Crippen LogP contribution in [0.1, 0.15) is 12.0 Å². The number of amides is 4. The average molecular weight is 435 g/mol. The van der Waals surface area contributed by atoms with E-state index in [2.05, 4.69) is 5.32 Å². The third-order valence-corrected chi connectivity index (χ3v) is 5.11. The van der Waals surface area contributed by atoms with E-state index in [1.165, 1.54) is 41.3 Å². The van der Waals surface area contributed by atoms with E-state index >= 15 is 0 Å². The third kappa shape index (κ3) is 4.49. The zero-order chi connectivity index (χ0) is 22.7. The van der Waals surface area contributed by atoms with Gasteiger partial charge in [-0.3, -0.25) is 9.59 Å². The number of para-hydroxylation sites is 1. The fourth-order valence-corrected chi connectivity index (χ4v) is 3.54. The van der Waals surface area contributed by atoms with Crippen LogP contribution in [0.4, 0.5) is 25.0 Å². The van der Waals surface area contributed by atoms with E-state index in [1.807, 2.05) is 0 Å². The van der Waals surface area contributed by atoms with Crippen molar-refractivity contribution in [1.82, 2.24) is 4.90 Å². The second kappa shape index (κ2) is 8.97. The monoisotopic (exact) mass is 435 g/mol. The van der Waals surface area contributed by atoms with Gasteiger partial charge in [-0.25, -0.2) is 18.5 Å². The van der Waals surface area contributed by atoms with Gasteiger partial charge in [0.2, 0.25) is 5.91 Å². The van der Waals surface area contributed by atoms with Crippen LogP contribution >= 0.6 is 0 Å². The van der Waals surface area contributed by atoms with Gasteiger partial charge < -0.3 is 10.2 Å². The molecule has 0 bridgehead atoms. The Kier molecular flexibility index (Phi) is 5.93. The highest BCUT2D eigenvalue weighted by Crippen LogP contribution is 2.29. The minimum absolute atomic E-state index is 0.00579. The summed E-state index contributed by atoms with van der Waals surface area (Å²) in [6.45, 7) is 0.00579. The molecule has 0 aliphatic carbocycles. The Morgan fingerprint density at radius 3 is 2.06 bits per heavy atom. The molecule has 162 valence electrons. The second-order valence-corrected chi connectivity index (χ2v) is 7.32. The fraction of sp³-hybridized carbons (Fsp3) is 0.125. The molecule has 1 N–H and O–H groups in total. The first kappa shape index (κ1) is 21.2. The number of hydrogen-bond donors (Lipinski definition) is 1. The predicted octanol–water partition coefficient (Wildman–Crippen LogP) is 4.33. The Labute approximate surface area is 183 Å². The zero-order valence-corrected chi connectivity index (χ0v) is 16.9. The molecule has 3 aromatic carbocycles. The van der Waals surface area contributed by atoms with Gasteiger partial charge in [-0.1, -0.05) is 30.3 Å². The molecular formula is C24H19F2N3O3. The molecule has 0 radical (unpaired) electrons. The Balaban J connectivity index is 1.60. The molecule has 1 unspecified atom stereocenters. The fourth-order valence-electron chi connectivity index (χ4n) is 3.54. The Bertz CT molecular complexity index is 1140. The summed E-state index contributed by atoms with van der Waals surface area (Å²) in [5, 5.41) is 2.71. The standard InChI is InChI=1S/C24H19F2N3O3/c25-17-8-6-16(7-9-17)15-28-21(14-22(30)27-19-4-2-1-3-5-19)23(31)29(24(28)32)20-12-10-18(26)11-13-20/h1-13,21H,14-15H2,(H,27,30). The Morgan fingerprint density at radius 1 is 0.844 bits per heavy atom. The molecule has 0 spiro atoms. The molecule has 1 saturated heterocycles. The molecule has 4 rings (SSSR count). The van der Waals surface area contributed by atoms with Crippen LogP contribution in [0.5, 0.6) is 0 Å². The van der Waals surface area contributed by atoms with Gasteiger partial charge in [0.05, 0.1) is 12.1 Å². The van der Waals surface area contributed by atoms with Crippen molar-refractivity contribution in [3.05, 3.63) is 96.1 Å². The highest BCUT2D eigenvalue weighted by molar-refractivity contribution is 6.22. The lowest BCUT2D eigenvalue weighted by atomic mass is 10.1. The van der Waals surface area contributed by atoms with Crippen LogP contribution in [0.2, 0.25) is 0 Å². The Morgan fingerprint density at radius 2 is 1.44 bits per heavy atom. The molecule has 6 nitrogen and oxygen atoms in total. The van der Waals surface area contributed by atoms with Crippen molar-refractivity contribution >= 4 is 29.2 Å². The minimum atomic E-state index is -1.07. The molecule has 1 aliphatic rings. The van der Waals surface area contributed by atoms with E-state index in [0.717, 1.165) is 17.0 Å². The molecule has 4 amide bonds. The van der Waals surface area contributed by atoms with Crippen molar-refractivity contribution in [2.45, 2.75) is 19.0 Å². The normalized spacial score (nSPS) is 15.9. The molecular weight excluding hydrogens is 416 g/mol. The number of imide groups is 1. The lowest BCUT2D eigenvalue weighted by molar-refractivity contribution is -0.124. The van der Waals surface area contributed by atoms with Crippen LogP contribution in [0.25, 0.3) is 0 Å². The summed E-state index contributed by atoms with van der Waals surface area (Å²) in [7, 11) is 0. The second-order valence-electron chi connectivity index (χ2n) is 7.32. The van der Waals surface area contributed by atoms with Gasteiger partial charge in [-0.15, -0.1) is 0 Å². The summed E-state index contributed by atoms with van der Waals surface area (Å²) in [5.41, 5.74) is 1.37. The number of hydrogen-bond acceptors (Lipinski definition) is 3. The highest BCUT2D eigenvalue weighted by Gasteiger charge is 2.46. The molecule has 1 heterocycles. The number of carbonyl (C=O) groups is 3. The first-order valence-electron chi connectivity index (χ1n) is 9.92. The van der Waals surface area contributed by atoms with Crippen LogP contribution in [0.3, 0.4) is 0 Å². The van der Waals surface area contributed by atoms with E-state index in [1.54, 1.807) is 30.3 Å². The van der Waals surface area contributed by atoms with Crippen molar-refractivity contribution in [2.24, 2.45) is 0 Å². The number of carbonyl (C=O) groups excluding carboxylic acids is 3. The van der Waals surface area contributed by atoms with Crippen molar-refractivity contribution in [3.8, 4) is 0 Å². The number of rotatable bonds is 6. The quantitative estimate of drug-likeness (QED) is 0.586. The first-order chi connectivity index (χ1) is 15.4. The van der Waals surface area contributed by atoms with E-state index in [0.29, 0.717) is 11.3 Å². The maximum Gasteiger partial charge on any atom is 0.332 e. The highest BCUT2D eigenvalue weighted by atomic mass is 19.1. The van der Waals surface area contributed by atoms with Gasteiger partial charge in [0.25, 0.3) is 5.91 Å². The lowest BCUT2D eigenvalue weighted by Crippen LogP contribution is -2.37. The number of benzene rings is 3. The van der Waals surface area contributed by atoms with Gasteiger partial charge in [0.15, 0.2) is 0 Å². The molecule has 3 aromatic rings. The van der Waals surface area contributed by atoms with E-state index in [4.69, 9.17) is 0 Å². The topological polar surface area (TPSA) is 69.7 Å².